The minimum atomic E-state index is -2.17. The molecule has 3 aromatic heterocycles. The molecular weight excluding hydrogens is 761 g/mol. The fourth-order valence-corrected chi connectivity index (χ4v) is 8.34. The highest BCUT2D eigenvalue weighted by Crippen LogP contribution is 2.41. The first-order chi connectivity index (χ1) is 28.3. The molecule has 6 rings (SSSR count). The smallest absolute Gasteiger partial charge is 0.319 e. The van der Waals surface area contributed by atoms with Crippen LogP contribution in [0.25, 0.3) is 21.9 Å². The highest BCUT2D eigenvalue weighted by Gasteiger charge is 2.39. The Morgan fingerprint density at radius 2 is 1.85 bits per heavy atom. The predicted octanol–water partition coefficient (Wildman–Crippen LogP) is 7.96. The molecule has 0 radical (unpaired) electrons. The number of ether oxygens (including phenoxy) is 1. The Morgan fingerprint density at radius 3 is 2.56 bits per heavy atom. The van der Waals surface area contributed by atoms with E-state index in [-0.39, 0.29) is 34.5 Å². The van der Waals surface area contributed by atoms with Crippen LogP contribution in [0.3, 0.4) is 0 Å². The van der Waals surface area contributed by atoms with Gasteiger partial charge in [-0.3, -0.25) is 4.79 Å². The molecule has 2 amide bonds. The van der Waals surface area contributed by atoms with Crippen LogP contribution in [0.4, 0.5) is 16.2 Å². The molecule has 0 unspecified atom stereocenters. The van der Waals surface area contributed by atoms with Crippen molar-refractivity contribution in [1.29, 1.82) is 0 Å². The summed E-state index contributed by atoms with van der Waals surface area (Å²) in [5.74, 6) is 6.55. The average Bonchev–Trinajstić information content (AvgIpc) is 3.63. The number of hydrogen-bond donors (Lipinski definition) is 6. The van der Waals surface area contributed by atoms with E-state index in [1.54, 1.807) is 12.1 Å². The number of amides is 2. The molecule has 1 aliphatic rings. The Kier molecular flexibility index (Phi) is 14.1. The number of carbonyl (C=O) groups is 1. The maximum atomic E-state index is 13.1. The van der Waals surface area contributed by atoms with Crippen LogP contribution in [-0.4, -0.2) is 71.5 Å². The second-order valence-electron chi connectivity index (χ2n) is 16.6. The molecule has 2 aromatic carbocycles. The fourth-order valence-electron chi connectivity index (χ4n) is 7.07. The van der Waals surface area contributed by atoms with Crippen LogP contribution < -0.4 is 26.8 Å². The van der Waals surface area contributed by atoms with Gasteiger partial charge in [-0.25, -0.2) is 14.5 Å². The zero-order valence-electron chi connectivity index (χ0n) is 35.6. The van der Waals surface area contributed by atoms with Gasteiger partial charge in [0.2, 0.25) is 5.56 Å². The molecule has 1 saturated heterocycles. The zero-order chi connectivity index (χ0) is 42.2. The maximum absolute atomic E-state index is 13.1. The summed E-state index contributed by atoms with van der Waals surface area (Å²) >= 11 is 0. The van der Waals surface area contributed by atoms with Crippen molar-refractivity contribution in [3.05, 3.63) is 87.5 Å². The summed E-state index contributed by atoms with van der Waals surface area (Å²) < 4.78 is 14.4. The topological polar surface area (TPSA) is 167 Å². The third kappa shape index (κ3) is 10.7. The molecule has 0 aliphatic carbocycles. The van der Waals surface area contributed by atoms with Crippen molar-refractivity contribution in [3.8, 4) is 17.6 Å². The molecule has 0 bridgehead atoms. The number of aromatic nitrogens is 4. The average molecular weight is 821 g/mol. The number of fused-ring (bicyclic) bond motifs is 2. The number of pyridine rings is 2. The van der Waals surface area contributed by atoms with Gasteiger partial charge >= 0.3 is 6.03 Å². The Labute approximate surface area is 348 Å². The van der Waals surface area contributed by atoms with Gasteiger partial charge < -0.3 is 40.5 Å². The second kappa shape index (κ2) is 19.2. The van der Waals surface area contributed by atoms with E-state index >= 15 is 0 Å². The monoisotopic (exact) mass is 820 g/mol. The van der Waals surface area contributed by atoms with E-state index in [4.69, 9.17) is 14.1 Å². The van der Waals surface area contributed by atoms with Gasteiger partial charge in [-0.05, 0) is 99.2 Å². The molecule has 5 aromatic rings. The number of aromatic amines is 1. The molecule has 1 atom stereocenters. The maximum Gasteiger partial charge on any atom is 0.319 e. The van der Waals surface area contributed by atoms with E-state index in [0.29, 0.717) is 30.7 Å². The number of urea groups is 1. The molecule has 14 heteroatoms. The summed E-state index contributed by atoms with van der Waals surface area (Å²) in [7, 11) is -2.17. The van der Waals surface area contributed by atoms with Gasteiger partial charge in [0.25, 0.3) is 0 Å². The van der Waals surface area contributed by atoms with Gasteiger partial charge in [-0.2, -0.15) is 5.10 Å². The summed E-state index contributed by atoms with van der Waals surface area (Å²) in [6.45, 7) is 19.0. The van der Waals surface area contributed by atoms with Crippen LogP contribution in [0.5, 0.6) is 5.75 Å². The van der Waals surface area contributed by atoms with Crippen molar-refractivity contribution in [2.75, 3.05) is 36.9 Å². The predicted molar refractivity (Wildman–Crippen MR) is 239 cm³/mol. The number of aromatic hydroxyl groups is 1. The lowest BCUT2D eigenvalue weighted by Gasteiger charge is -2.39. The zero-order valence-corrected chi connectivity index (χ0v) is 36.6. The Hall–Kier alpha value is -5.20. The molecule has 13 nitrogen and oxygen atoms in total. The molecule has 0 saturated carbocycles. The highest BCUT2D eigenvalue weighted by molar-refractivity contribution is 6.74. The lowest BCUT2D eigenvalue weighted by atomic mass is 10.0. The van der Waals surface area contributed by atoms with Crippen LogP contribution in [-0.2, 0) is 28.7 Å². The number of phenolic OH excluding ortho intramolecular Hbond substituents is 1. The molecule has 314 valence electrons. The number of carbonyl (C=O) groups excluding carboxylic acids is 1. The van der Waals surface area contributed by atoms with E-state index < -0.39 is 8.32 Å². The summed E-state index contributed by atoms with van der Waals surface area (Å²) in [5.41, 5.74) is 6.37. The quantitative estimate of drug-likeness (QED) is 0.0349. The summed E-state index contributed by atoms with van der Waals surface area (Å²) in [6, 6.07) is 14.3. The van der Waals surface area contributed by atoms with Crippen molar-refractivity contribution in [2.24, 2.45) is 0 Å². The number of nitrogens with one attached hydrogen (secondary N) is 5. The summed E-state index contributed by atoms with van der Waals surface area (Å²) in [5, 5.41) is 30.1. The van der Waals surface area contributed by atoms with Crippen molar-refractivity contribution in [1.82, 2.24) is 30.4 Å². The van der Waals surface area contributed by atoms with Crippen LogP contribution >= 0.6 is 0 Å². The van der Waals surface area contributed by atoms with E-state index in [1.807, 2.05) is 41.2 Å². The van der Waals surface area contributed by atoms with Gasteiger partial charge in [0.05, 0.1) is 28.9 Å². The van der Waals surface area contributed by atoms with Gasteiger partial charge in [0.15, 0.2) is 14.0 Å². The molecule has 4 heterocycles. The minimum Gasteiger partial charge on any atom is -0.506 e. The Bertz CT molecular complexity index is 2350. The highest BCUT2D eigenvalue weighted by atomic mass is 28.4. The molecule has 59 heavy (non-hydrogen) atoms. The van der Waals surface area contributed by atoms with Gasteiger partial charge in [-0.1, -0.05) is 45.6 Å². The molecule has 1 fully saturated rings. The molecule has 6 N–H and O–H groups in total. The van der Waals surface area contributed by atoms with Crippen molar-refractivity contribution < 1.29 is 19.1 Å². The molecular formula is C45H60N8O5Si. The number of rotatable bonds is 15. The fraction of sp³-hybridized carbons (Fsp3) is 0.467. The first-order valence-corrected chi connectivity index (χ1v) is 23.8. The third-order valence-corrected chi connectivity index (χ3v) is 15.9. The first-order valence-electron chi connectivity index (χ1n) is 20.9. The van der Waals surface area contributed by atoms with E-state index in [2.05, 4.69) is 90.9 Å². The third-order valence-electron chi connectivity index (χ3n) is 11.5. The van der Waals surface area contributed by atoms with Crippen LogP contribution in [0.2, 0.25) is 18.1 Å². The number of H-pyrrole nitrogens is 1. The minimum absolute atomic E-state index is 0.00260. The lowest BCUT2D eigenvalue weighted by molar-refractivity contribution is 0.0904. The normalized spacial score (nSPS) is 14.2. The number of nitrogens with zero attached hydrogens (tertiary/aromatic N) is 3. The Morgan fingerprint density at radius 1 is 1.08 bits per heavy atom. The lowest BCUT2D eigenvalue weighted by Crippen LogP contribution is -2.43. The molecule has 1 aliphatic heterocycles. The van der Waals surface area contributed by atoms with Gasteiger partial charge in [-0.15, -0.1) is 0 Å². The number of phenols is 1. The SMILES string of the molecule is CCc1nc2c(cnn2CC)c(NC2CCOCC2)c1CNC(=O)Nc1ccc(C#CCCCNC[C@H](O[Si](C)(C)C(C)(C)C)c2ccc(O)c3[nH]c(=O)ccc23)cc1. The standard InChI is InChI=1S/C45H60N8O5Si/c1-8-37-35(41(49-32-22-25-57-26-23-32)36-28-48-53(9-2)43(36)51-37)27-47-44(56)50-31-16-14-30(15-17-31)13-11-10-12-24-46-29-39(58-59(6,7)45(3,4)5)33-18-20-38(54)42-34(33)19-21-40(55)52-42/h14-21,28,32,39,46,54H,8-10,12,22-27,29H2,1-7H3,(H,49,51)(H,52,55)(H2,47,50,56)/t39-/m0/s1. The summed E-state index contributed by atoms with van der Waals surface area (Å²) in [6.07, 6.45) is 5.71. The van der Waals surface area contributed by atoms with Crippen LogP contribution in [0.1, 0.15) is 88.8 Å². The number of aryl methyl sites for hydroxylation is 2. The molecule has 0 spiro atoms. The van der Waals surface area contributed by atoms with Crippen molar-refractivity contribution in [3.63, 3.8) is 0 Å². The Balaban J connectivity index is 1.02. The number of anilines is 2. The number of hydrogen-bond acceptors (Lipinski definition) is 9. The van der Waals surface area contributed by atoms with Gasteiger partial charge in [0, 0.05) is 79.3 Å². The van der Waals surface area contributed by atoms with Crippen molar-refractivity contribution >= 4 is 47.7 Å². The van der Waals surface area contributed by atoms with E-state index in [0.717, 1.165) is 96.5 Å². The first kappa shape index (κ1) is 43.4. The van der Waals surface area contributed by atoms with E-state index in [9.17, 15) is 14.7 Å². The van der Waals surface area contributed by atoms with Crippen LogP contribution in [0, 0.1) is 11.8 Å². The largest absolute Gasteiger partial charge is 0.506 e. The summed E-state index contributed by atoms with van der Waals surface area (Å²) in [4.78, 5) is 32.9. The van der Waals surface area contributed by atoms with Crippen molar-refractivity contribution in [2.45, 2.75) is 110 Å². The van der Waals surface area contributed by atoms with Gasteiger partial charge in [0.1, 0.15) is 5.75 Å². The number of unbranched alkanes of at least 4 members (excludes halogenated alkanes) is 1. The second-order valence-corrected chi connectivity index (χ2v) is 21.4. The van der Waals surface area contributed by atoms with E-state index in [1.165, 1.54) is 6.07 Å². The number of benzene rings is 2. The van der Waals surface area contributed by atoms with Crippen LogP contribution in [0.15, 0.2) is 59.5 Å².